The third-order valence-electron chi connectivity index (χ3n) is 3.82. The molecule has 3 aromatic rings. The molecule has 0 aliphatic carbocycles. The molecule has 4 heteroatoms. The zero-order valence-corrected chi connectivity index (χ0v) is 13.5. The number of hydrogen-bond donors (Lipinski definition) is 1. The molecule has 0 fully saturated rings. The monoisotopic (exact) mass is 324 g/mol. The van der Waals surface area contributed by atoms with E-state index in [0.29, 0.717) is 34.3 Å². The fourth-order valence-electron chi connectivity index (χ4n) is 2.52. The van der Waals surface area contributed by atoms with Crippen molar-refractivity contribution in [1.29, 1.82) is 0 Å². The van der Waals surface area contributed by atoms with Crippen molar-refractivity contribution < 1.29 is 13.9 Å². The third kappa shape index (κ3) is 3.08. The van der Waals surface area contributed by atoms with Crippen LogP contribution in [-0.2, 0) is 6.42 Å². The number of phenols is 1. The minimum Gasteiger partial charge on any atom is -0.508 e. The van der Waals surface area contributed by atoms with Gasteiger partial charge in [-0.05, 0) is 56.7 Å². The maximum Gasteiger partial charge on any atom is 0.193 e. The predicted octanol–water partition coefficient (Wildman–Crippen LogP) is 4.81. The second kappa shape index (κ2) is 6.32. The molecule has 0 saturated carbocycles. The smallest absolute Gasteiger partial charge is 0.193 e. The lowest BCUT2D eigenvalue weighted by molar-refractivity contribution is 0.468. The highest BCUT2D eigenvalue weighted by Gasteiger charge is 2.13. The first-order valence-electron chi connectivity index (χ1n) is 7.63. The summed E-state index contributed by atoms with van der Waals surface area (Å²) in [4.78, 5) is 12.4. The second-order valence-corrected chi connectivity index (χ2v) is 5.91. The van der Waals surface area contributed by atoms with E-state index in [1.165, 1.54) is 24.3 Å². The van der Waals surface area contributed by atoms with Crippen LogP contribution in [0.15, 0.2) is 63.3 Å². The molecule has 0 radical (unpaired) electrons. The van der Waals surface area contributed by atoms with Gasteiger partial charge in [0.05, 0.1) is 5.39 Å². The lowest BCUT2D eigenvalue weighted by atomic mass is 10.0. The van der Waals surface area contributed by atoms with Crippen LogP contribution in [0.5, 0.6) is 5.75 Å². The van der Waals surface area contributed by atoms with Crippen molar-refractivity contribution in [2.75, 3.05) is 0 Å². The van der Waals surface area contributed by atoms with Crippen LogP contribution >= 0.6 is 0 Å². The minimum atomic E-state index is -0.358. The number of phenolic OH excluding ortho intramolecular Hbond substituents is 1. The average molecular weight is 324 g/mol. The summed E-state index contributed by atoms with van der Waals surface area (Å²) in [6.07, 6.45) is 2.42. The van der Waals surface area contributed by atoms with Crippen molar-refractivity contribution in [2.45, 2.75) is 20.3 Å². The molecule has 0 amide bonds. The van der Waals surface area contributed by atoms with Gasteiger partial charge in [0.15, 0.2) is 5.43 Å². The first-order valence-corrected chi connectivity index (χ1v) is 7.63. The maximum atomic E-state index is 13.1. The molecule has 2 aromatic carbocycles. The normalized spacial score (nSPS) is 10.8. The molecule has 122 valence electrons. The molecular formula is C20H17FO3. The molecule has 3 rings (SSSR count). The number of allylic oxidation sites excluding steroid dienone is 2. The van der Waals surface area contributed by atoms with Crippen molar-refractivity contribution >= 4 is 11.0 Å². The van der Waals surface area contributed by atoms with Crippen LogP contribution in [0.4, 0.5) is 4.39 Å². The van der Waals surface area contributed by atoms with Crippen LogP contribution < -0.4 is 5.43 Å². The van der Waals surface area contributed by atoms with Crippen LogP contribution in [0.1, 0.15) is 19.4 Å². The fraction of sp³-hybridized carbons (Fsp3) is 0.150. The van der Waals surface area contributed by atoms with Crippen LogP contribution in [0.3, 0.4) is 0 Å². The highest BCUT2D eigenvalue weighted by atomic mass is 19.1. The van der Waals surface area contributed by atoms with Gasteiger partial charge in [0.25, 0.3) is 0 Å². The Hall–Kier alpha value is -2.88. The molecule has 0 unspecified atom stereocenters. The topological polar surface area (TPSA) is 50.4 Å². The Morgan fingerprint density at radius 2 is 1.88 bits per heavy atom. The minimum absolute atomic E-state index is 0.0828. The summed E-state index contributed by atoms with van der Waals surface area (Å²) in [5.74, 6) is 0.0692. The van der Waals surface area contributed by atoms with Crippen molar-refractivity contribution in [3.8, 4) is 17.1 Å². The number of aromatic hydroxyl groups is 1. The SMILES string of the molecule is CC(C)=CCc1c(O)ccc2c(=O)cc(-c3ccc(F)cc3)oc12. The second-order valence-electron chi connectivity index (χ2n) is 5.91. The Balaban J connectivity index is 2.24. The maximum absolute atomic E-state index is 13.1. The van der Waals surface area contributed by atoms with Gasteiger partial charge >= 0.3 is 0 Å². The standard InChI is InChI=1S/C20H17FO3/c1-12(2)3-8-15-17(22)10-9-16-18(23)11-19(24-20(15)16)13-4-6-14(21)7-5-13/h3-7,9-11,22H,8H2,1-2H3. The fourth-order valence-corrected chi connectivity index (χ4v) is 2.52. The van der Waals surface area contributed by atoms with E-state index in [1.807, 2.05) is 19.9 Å². The summed E-state index contributed by atoms with van der Waals surface area (Å²) in [7, 11) is 0. The summed E-state index contributed by atoms with van der Waals surface area (Å²) in [5.41, 5.74) is 2.43. The van der Waals surface area contributed by atoms with Gasteiger partial charge in [-0.15, -0.1) is 0 Å². The first-order chi connectivity index (χ1) is 11.5. The predicted molar refractivity (Wildman–Crippen MR) is 92.7 cm³/mol. The van der Waals surface area contributed by atoms with Crippen LogP contribution in [-0.4, -0.2) is 5.11 Å². The van der Waals surface area contributed by atoms with Crippen molar-refractivity contribution in [2.24, 2.45) is 0 Å². The van der Waals surface area contributed by atoms with Gasteiger partial charge in [-0.3, -0.25) is 4.79 Å². The molecule has 0 spiro atoms. The first kappa shape index (κ1) is 16.0. The zero-order valence-electron chi connectivity index (χ0n) is 13.5. The average Bonchev–Trinajstić information content (AvgIpc) is 2.54. The Kier molecular flexibility index (Phi) is 4.21. The molecular weight excluding hydrogens is 307 g/mol. The van der Waals surface area contributed by atoms with Gasteiger partial charge in [-0.25, -0.2) is 4.39 Å². The zero-order chi connectivity index (χ0) is 17.3. The summed E-state index contributed by atoms with van der Waals surface area (Å²) >= 11 is 0. The van der Waals surface area contributed by atoms with E-state index >= 15 is 0 Å². The Bertz CT molecular complexity index is 978. The molecule has 0 aliphatic rings. The summed E-state index contributed by atoms with van der Waals surface area (Å²) in [5, 5.41) is 10.6. The van der Waals surface area contributed by atoms with Crippen molar-refractivity contribution in [3.63, 3.8) is 0 Å². The van der Waals surface area contributed by atoms with E-state index in [2.05, 4.69) is 0 Å². The van der Waals surface area contributed by atoms with Gasteiger partial charge in [-0.2, -0.15) is 0 Å². The molecule has 1 aromatic heterocycles. The Morgan fingerprint density at radius 1 is 1.17 bits per heavy atom. The van der Waals surface area contributed by atoms with Gasteiger partial charge in [0, 0.05) is 17.2 Å². The number of benzene rings is 2. The van der Waals surface area contributed by atoms with Gasteiger partial charge in [0.1, 0.15) is 22.9 Å². The van der Waals surface area contributed by atoms with Gasteiger partial charge in [0.2, 0.25) is 0 Å². The Morgan fingerprint density at radius 3 is 2.54 bits per heavy atom. The summed E-state index contributed by atoms with van der Waals surface area (Å²) < 4.78 is 19.0. The Labute approximate surface area is 138 Å². The highest BCUT2D eigenvalue weighted by Crippen LogP contribution is 2.30. The number of hydrogen-bond acceptors (Lipinski definition) is 3. The quantitative estimate of drug-likeness (QED) is 0.703. The lowest BCUT2D eigenvalue weighted by Gasteiger charge is -2.09. The van der Waals surface area contributed by atoms with Crippen LogP contribution in [0.25, 0.3) is 22.3 Å². The van der Waals surface area contributed by atoms with E-state index in [1.54, 1.807) is 18.2 Å². The molecule has 0 bridgehead atoms. The van der Waals surface area contributed by atoms with E-state index in [0.717, 1.165) is 5.57 Å². The van der Waals surface area contributed by atoms with Gasteiger partial charge < -0.3 is 9.52 Å². The lowest BCUT2D eigenvalue weighted by Crippen LogP contribution is -2.02. The van der Waals surface area contributed by atoms with Crippen molar-refractivity contribution in [1.82, 2.24) is 0 Å². The molecule has 24 heavy (non-hydrogen) atoms. The van der Waals surface area contributed by atoms with Gasteiger partial charge in [-0.1, -0.05) is 11.6 Å². The van der Waals surface area contributed by atoms with E-state index in [9.17, 15) is 14.3 Å². The largest absolute Gasteiger partial charge is 0.508 e. The molecule has 3 nitrogen and oxygen atoms in total. The number of halogens is 1. The summed E-state index contributed by atoms with van der Waals surface area (Å²) in [6, 6.07) is 10.2. The van der Waals surface area contributed by atoms with E-state index in [-0.39, 0.29) is 17.0 Å². The van der Waals surface area contributed by atoms with Crippen molar-refractivity contribution in [3.05, 3.63) is 75.7 Å². The highest BCUT2D eigenvalue weighted by molar-refractivity contribution is 5.84. The third-order valence-corrected chi connectivity index (χ3v) is 3.82. The van der Waals surface area contributed by atoms with E-state index < -0.39 is 0 Å². The number of fused-ring (bicyclic) bond motifs is 1. The summed E-state index contributed by atoms with van der Waals surface area (Å²) in [6.45, 7) is 3.92. The van der Waals surface area contributed by atoms with E-state index in [4.69, 9.17) is 4.42 Å². The van der Waals surface area contributed by atoms with Crippen LogP contribution in [0, 0.1) is 5.82 Å². The molecule has 0 atom stereocenters. The molecule has 0 saturated heterocycles. The number of rotatable bonds is 3. The molecule has 0 aliphatic heterocycles. The van der Waals surface area contributed by atoms with Crippen LogP contribution in [0.2, 0.25) is 0 Å². The molecule has 1 heterocycles. The molecule has 1 N–H and O–H groups in total.